The van der Waals surface area contributed by atoms with Gasteiger partial charge < -0.3 is 14.8 Å². The van der Waals surface area contributed by atoms with E-state index in [4.69, 9.17) is 5.11 Å². The van der Waals surface area contributed by atoms with Gasteiger partial charge in [-0.05, 0) is 11.8 Å². The molecule has 1 aliphatic rings. The zero-order valence-electron chi connectivity index (χ0n) is 12.0. The van der Waals surface area contributed by atoms with E-state index in [9.17, 15) is 14.7 Å². The summed E-state index contributed by atoms with van der Waals surface area (Å²) in [6, 6.07) is 0. The normalized spacial score (nSPS) is 18.6. The minimum absolute atomic E-state index is 0.00153. The maximum Gasteiger partial charge on any atom is 0.356 e. The molecule has 6 heteroatoms. The van der Waals surface area contributed by atoms with Gasteiger partial charge in [-0.1, -0.05) is 20.8 Å². The first-order chi connectivity index (χ1) is 9.19. The Labute approximate surface area is 117 Å². The molecule has 1 unspecified atom stereocenters. The number of aromatic nitrogens is 2. The van der Waals surface area contributed by atoms with Crippen molar-refractivity contribution in [3.05, 3.63) is 17.2 Å². The second-order valence-electron chi connectivity index (χ2n) is 6.55. The quantitative estimate of drug-likeness (QED) is 0.881. The van der Waals surface area contributed by atoms with Crippen LogP contribution < -0.4 is 0 Å². The Balaban J connectivity index is 2.42. The predicted octanol–water partition coefficient (Wildman–Crippen LogP) is 1.82. The molecule has 0 amide bonds. The van der Waals surface area contributed by atoms with Crippen molar-refractivity contribution < 1.29 is 19.8 Å². The second-order valence-corrected chi connectivity index (χ2v) is 6.55. The molecule has 1 aromatic rings. The molecule has 2 N–H and O–H groups in total. The lowest BCUT2D eigenvalue weighted by atomic mass is 9.91. The molecule has 0 aliphatic carbocycles. The van der Waals surface area contributed by atoms with E-state index in [2.05, 4.69) is 25.8 Å². The van der Waals surface area contributed by atoms with Crippen molar-refractivity contribution in [2.24, 2.45) is 11.3 Å². The van der Waals surface area contributed by atoms with Crippen molar-refractivity contribution in [3.63, 3.8) is 0 Å². The third kappa shape index (κ3) is 2.84. The Morgan fingerprint density at radius 2 is 2.00 bits per heavy atom. The van der Waals surface area contributed by atoms with E-state index in [0.717, 1.165) is 5.82 Å². The number of rotatable bonds is 3. The summed E-state index contributed by atoms with van der Waals surface area (Å²) >= 11 is 0. The van der Waals surface area contributed by atoms with Gasteiger partial charge in [0, 0.05) is 19.4 Å². The number of carbonyl (C=O) groups is 2. The fraction of sp³-hybridized carbons (Fsp3) is 0.643. The molecule has 0 fully saturated rings. The third-order valence-corrected chi connectivity index (χ3v) is 3.53. The van der Waals surface area contributed by atoms with Crippen LogP contribution in [0.25, 0.3) is 0 Å². The maximum absolute atomic E-state index is 11.3. The Hall–Kier alpha value is -1.85. The Kier molecular flexibility index (Phi) is 3.58. The molecule has 1 aromatic heterocycles. The number of nitrogens with zero attached hydrogens (tertiary/aromatic N) is 2. The van der Waals surface area contributed by atoms with E-state index in [1.165, 1.54) is 0 Å². The van der Waals surface area contributed by atoms with Gasteiger partial charge in [0.15, 0.2) is 5.69 Å². The van der Waals surface area contributed by atoms with E-state index < -0.39 is 17.9 Å². The number of aromatic carboxylic acids is 1. The van der Waals surface area contributed by atoms with E-state index in [1.807, 2.05) is 4.57 Å². The van der Waals surface area contributed by atoms with Gasteiger partial charge in [0.2, 0.25) is 0 Å². The molecule has 0 saturated carbocycles. The van der Waals surface area contributed by atoms with E-state index in [-0.39, 0.29) is 17.5 Å². The summed E-state index contributed by atoms with van der Waals surface area (Å²) in [5, 5.41) is 18.4. The van der Waals surface area contributed by atoms with Crippen LogP contribution in [-0.2, 0) is 24.2 Å². The van der Waals surface area contributed by atoms with E-state index in [0.29, 0.717) is 25.1 Å². The van der Waals surface area contributed by atoms with Crippen LogP contribution in [0, 0.1) is 11.3 Å². The summed E-state index contributed by atoms with van der Waals surface area (Å²) in [4.78, 5) is 26.6. The summed E-state index contributed by atoms with van der Waals surface area (Å²) in [5.74, 6) is -1.72. The highest BCUT2D eigenvalue weighted by atomic mass is 16.4. The number of imidazole rings is 1. The van der Waals surface area contributed by atoms with Crippen LogP contribution in [-0.4, -0.2) is 31.7 Å². The summed E-state index contributed by atoms with van der Waals surface area (Å²) in [6.07, 6.45) is 1.44. The number of fused-ring (bicyclic) bond motifs is 1. The van der Waals surface area contributed by atoms with Gasteiger partial charge >= 0.3 is 11.9 Å². The largest absolute Gasteiger partial charge is 0.481 e. The number of carboxylic acids is 2. The Morgan fingerprint density at radius 1 is 1.35 bits per heavy atom. The zero-order valence-corrected chi connectivity index (χ0v) is 12.0. The average Bonchev–Trinajstić information content (AvgIpc) is 2.65. The molecule has 0 saturated heterocycles. The first-order valence-corrected chi connectivity index (χ1v) is 6.73. The third-order valence-electron chi connectivity index (χ3n) is 3.53. The Morgan fingerprint density at radius 3 is 2.50 bits per heavy atom. The number of carboxylic acid groups (broad SMARTS) is 2. The zero-order chi connectivity index (χ0) is 15.1. The van der Waals surface area contributed by atoms with Crippen LogP contribution in [0.15, 0.2) is 0 Å². The summed E-state index contributed by atoms with van der Waals surface area (Å²) in [6.45, 7) is 6.73. The van der Waals surface area contributed by atoms with Crippen molar-refractivity contribution in [2.75, 3.05) is 0 Å². The predicted molar refractivity (Wildman–Crippen MR) is 71.8 cm³/mol. The van der Waals surface area contributed by atoms with Gasteiger partial charge in [-0.25, -0.2) is 9.78 Å². The highest BCUT2D eigenvalue weighted by molar-refractivity contribution is 5.87. The molecule has 0 bridgehead atoms. The monoisotopic (exact) mass is 280 g/mol. The lowest BCUT2D eigenvalue weighted by Crippen LogP contribution is -2.27. The summed E-state index contributed by atoms with van der Waals surface area (Å²) in [5.41, 5.74) is 0.562. The second kappa shape index (κ2) is 4.92. The fourth-order valence-electron chi connectivity index (χ4n) is 2.62. The highest BCUT2D eigenvalue weighted by Crippen LogP contribution is 2.28. The van der Waals surface area contributed by atoms with Gasteiger partial charge in [0.25, 0.3) is 0 Å². The van der Waals surface area contributed by atoms with Crippen molar-refractivity contribution >= 4 is 11.9 Å². The molecule has 0 radical (unpaired) electrons. The van der Waals surface area contributed by atoms with Gasteiger partial charge in [0.05, 0.1) is 11.6 Å². The summed E-state index contributed by atoms with van der Waals surface area (Å²) < 4.78 is 1.90. The van der Waals surface area contributed by atoms with Gasteiger partial charge in [-0.15, -0.1) is 0 Å². The molecule has 1 atom stereocenters. The standard InChI is InChI=1S/C14H20N2O4/c1-14(2,3)7-10-15-11(13(19)20)9-6-8(12(17)18)4-5-16(9)10/h8H,4-7H2,1-3H3,(H,17,18)(H,19,20). The average molecular weight is 280 g/mol. The number of hydrogen-bond acceptors (Lipinski definition) is 3. The lowest BCUT2D eigenvalue weighted by molar-refractivity contribution is -0.142. The molecule has 6 nitrogen and oxygen atoms in total. The van der Waals surface area contributed by atoms with E-state index in [1.54, 1.807) is 0 Å². The Bertz CT molecular complexity index is 554. The lowest BCUT2D eigenvalue weighted by Gasteiger charge is -2.24. The fourth-order valence-corrected chi connectivity index (χ4v) is 2.62. The molecule has 110 valence electrons. The molecular weight excluding hydrogens is 260 g/mol. The number of aliphatic carboxylic acids is 1. The van der Waals surface area contributed by atoms with Crippen molar-refractivity contribution in [1.29, 1.82) is 0 Å². The molecular formula is C14H20N2O4. The topological polar surface area (TPSA) is 92.4 Å². The van der Waals surface area contributed by atoms with Crippen LogP contribution in [0.2, 0.25) is 0 Å². The van der Waals surface area contributed by atoms with Gasteiger partial charge in [0.1, 0.15) is 5.82 Å². The molecule has 0 aromatic carbocycles. The minimum Gasteiger partial charge on any atom is -0.481 e. The van der Waals surface area contributed by atoms with Crippen molar-refractivity contribution in [1.82, 2.24) is 9.55 Å². The van der Waals surface area contributed by atoms with Crippen LogP contribution >= 0.6 is 0 Å². The van der Waals surface area contributed by atoms with Crippen LogP contribution in [0.1, 0.15) is 49.2 Å². The van der Waals surface area contributed by atoms with Crippen LogP contribution in [0.4, 0.5) is 0 Å². The first-order valence-electron chi connectivity index (χ1n) is 6.73. The number of hydrogen-bond donors (Lipinski definition) is 2. The SMILES string of the molecule is CC(C)(C)Cc1nc(C(=O)O)c2n1CCC(C(=O)O)C2. The summed E-state index contributed by atoms with van der Waals surface area (Å²) in [7, 11) is 0. The molecule has 20 heavy (non-hydrogen) atoms. The van der Waals surface area contributed by atoms with E-state index >= 15 is 0 Å². The van der Waals surface area contributed by atoms with Crippen molar-refractivity contribution in [3.8, 4) is 0 Å². The molecule has 0 spiro atoms. The van der Waals surface area contributed by atoms with Crippen LogP contribution in [0.3, 0.4) is 0 Å². The van der Waals surface area contributed by atoms with Crippen molar-refractivity contribution in [2.45, 2.75) is 46.6 Å². The van der Waals surface area contributed by atoms with Gasteiger partial charge in [-0.3, -0.25) is 4.79 Å². The first kappa shape index (κ1) is 14.6. The molecule has 2 rings (SSSR count). The maximum atomic E-state index is 11.3. The highest BCUT2D eigenvalue weighted by Gasteiger charge is 2.32. The van der Waals surface area contributed by atoms with Crippen LogP contribution in [0.5, 0.6) is 0 Å². The molecule has 2 heterocycles. The minimum atomic E-state index is -1.08. The molecule has 1 aliphatic heterocycles. The smallest absolute Gasteiger partial charge is 0.356 e. The van der Waals surface area contributed by atoms with Gasteiger partial charge in [-0.2, -0.15) is 0 Å².